The topological polar surface area (TPSA) is 17.1 Å². The second-order valence-electron chi connectivity index (χ2n) is 4.82. The summed E-state index contributed by atoms with van der Waals surface area (Å²) in [5.41, 5.74) is 1.38. The molecule has 0 aliphatic heterocycles. The molecule has 0 radical (unpaired) electrons. The van der Waals surface area contributed by atoms with Crippen LogP contribution in [0.25, 0.3) is 0 Å². The maximum absolute atomic E-state index is 11.6. The van der Waals surface area contributed by atoms with Crippen LogP contribution in [0.15, 0.2) is 11.4 Å². The molecule has 1 aromatic rings. The van der Waals surface area contributed by atoms with Crippen LogP contribution in [0.3, 0.4) is 0 Å². The van der Waals surface area contributed by atoms with Crippen LogP contribution in [0.4, 0.5) is 0 Å². The highest BCUT2D eigenvalue weighted by atomic mass is 32.1. The van der Waals surface area contributed by atoms with Gasteiger partial charge in [-0.3, -0.25) is 4.79 Å². The fourth-order valence-electron chi connectivity index (χ4n) is 1.47. The number of ketones is 1. The van der Waals surface area contributed by atoms with Gasteiger partial charge in [0.1, 0.15) is 5.78 Å². The Labute approximate surface area is 96.5 Å². The highest BCUT2D eigenvalue weighted by Crippen LogP contribution is 2.19. The number of thiophene rings is 1. The summed E-state index contributed by atoms with van der Waals surface area (Å²) in [6, 6.07) is 2.19. The molecule has 0 saturated carbocycles. The summed E-state index contributed by atoms with van der Waals surface area (Å²) < 4.78 is 0. The quantitative estimate of drug-likeness (QED) is 0.745. The van der Waals surface area contributed by atoms with E-state index in [4.69, 9.17) is 0 Å². The van der Waals surface area contributed by atoms with Crippen molar-refractivity contribution in [3.8, 4) is 0 Å². The van der Waals surface area contributed by atoms with E-state index in [0.717, 1.165) is 6.42 Å². The maximum Gasteiger partial charge on any atom is 0.140 e. The molecule has 1 nitrogen and oxygen atoms in total. The minimum absolute atomic E-state index is 0.153. The van der Waals surface area contributed by atoms with Gasteiger partial charge in [-0.05, 0) is 29.3 Å². The Morgan fingerprint density at radius 3 is 2.53 bits per heavy atom. The van der Waals surface area contributed by atoms with Gasteiger partial charge in [-0.2, -0.15) is 0 Å². The lowest BCUT2D eigenvalue weighted by molar-refractivity contribution is -0.121. The molecule has 15 heavy (non-hydrogen) atoms. The summed E-state index contributed by atoms with van der Waals surface area (Å²) in [7, 11) is 0. The smallest absolute Gasteiger partial charge is 0.140 e. The van der Waals surface area contributed by atoms with Crippen molar-refractivity contribution < 1.29 is 4.79 Å². The van der Waals surface area contributed by atoms with Crippen LogP contribution < -0.4 is 0 Å². The van der Waals surface area contributed by atoms with Crippen LogP contribution in [0.2, 0.25) is 0 Å². The first-order valence-electron chi connectivity index (χ1n) is 5.58. The standard InChI is InChI=1S/C13H20OS/c1-9(2)5-11-6-12(15-8-11)7-13(14)10(3)4/h6,8-10H,5,7H2,1-4H3. The Morgan fingerprint density at radius 1 is 1.33 bits per heavy atom. The van der Waals surface area contributed by atoms with E-state index in [9.17, 15) is 4.79 Å². The van der Waals surface area contributed by atoms with Crippen LogP contribution in [0.1, 0.15) is 38.1 Å². The predicted molar refractivity (Wildman–Crippen MR) is 66.4 cm³/mol. The molecule has 84 valence electrons. The summed E-state index contributed by atoms with van der Waals surface area (Å²) in [6.07, 6.45) is 1.73. The Hall–Kier alpha value is -0.630. The van der Waals surface area contributed by atoms with Crippen molar-refractivity contribution in [2.75, 3.05) is 0 Å². The largest absolute Gasteiger partial charge is 0.299 e. The zero-order valence-electron chi connectivity index (χ0n) is 10.0. The number of hydrogen-bond donors (Lipinski definition) is 0. The molecule has 0 unspecified atom stereocenters. The van der Waals surface area contributed by atoms with Crippen molar-refractivity contribution >= 4 is 17.1 Å². The zero-order chi connectivity index (χ0) is 11.4. The van der Waals surface area contributed by atoms with Gasteiger partial charge >= 0.3 is 0 Å². The van der Waals surface area contributed by atoms with E-state index in [1.807, 2.05) is 13.8 Å². The molecule has 0 aliphatic carbocycles. The van der Waals surface area contributed by atoms with Gasteiger partial charge in [-0.25, -0.2) is 0 Å². The first-order chi connectivity index (χ1) is 6.99. The van der Waals surface area contributed by atoms with E-state index < -0.39 is 0 Å². The minimum Gasteiger partial charge on any atom is -0.299 e. The highest BCUT2D eigenvalue weighted by molar-refractivity contribution is 7.10. The van der Waals surface area contributed by atoms with Gasteiger partial charge in [0.05, 0.1) is 0 Å². The Bertz CT molecular complexity index is 323. The molecule has 0 fully saturated rings. The van der Waals surface area contributed by atoms with Gasteiger partial charge < -0.3 is 0 Å². The molecule has 0 atom stereocenters. The minimum atomic E-state index is 0.153. The van der Waals surface area contributed by atoms with Crippen molar-refractivity contribution in [3.05, 3.63) is 21.9 Å². The van der Waals surface area contributed by atoms with E-state index >= 15 is 0 Å². The van der Waals surface area contributed by atoms with Gasteiger partial charge in [0, 0.05) is 17.2 Å². The third-order valence-corrected chi connectivity index (χ3v) is 3.33. The Balaban J connectivity index is 2.56. The number of carbonyl (C=O) groups is 1. The third kappa shape index (κ3) is 4.17. The first-order valence-corrected chi connectivity index (χ1v) is 6.46. The van der Waals surface area contributed by atoms with E-state index in [-0.39, 0.29) is 5.92 Å². The van der Waals surface area contributed by atoms with E-state index in [1.165, 1.54) is 10.4 Å². The van der Waals surface area contributed by atoms with E-state index in [1.54, 1.807) is 11.3 Å². The predicted octanol–water partition coefficient (Wildman–Crippen LogP) is 3.71. The lowest BCUT2D eigenvalue weighted by Crippen LogP contribution is -2.09. The van der Waals surface area contributed by atoms with Crippen molar-refractivity contribution in [2.45, 2.75) is 40.5 Å². The summed E-state index contributed by atoms with van der Waals surface area (Å²) in [4.78, 5) is 12.8. The molecule has 1 rings (SSSR count). The Morgan fingerprint density at radius 2 is 2.00 bits per heavy atom. The molecule has 0 N–H and O–H groups in total. The van der Waals surface area contributed by atoms with Crippen molar-refractivity contribution in [2.24, 2.45) is 11.8 Å². The summed E-state index contributed by atoms with van der Waals surface area (Å²) in [5, 5.41) is 2.18. The van der Waals surface area contributed by atoms with Crippen LogP contribution in [0.5, 0.6) is 0 Å². The fraction of sp³-hybridized carbons (Fsp3) is 0.615. The Kier molecular flexibility index (Phi) is 4.52. The molecular formula is C13H20OS. The molecule has 1 aromatic heterocycles. The molecule has 2 heteroatoms. The first kappa shape index (κ1) is 12.4. The second-order valence-corrected chi connectivity index (χ2v) is 5.81. The normalized spacial score (nSPS) is 11.3. The molecular weight excluding hydrogens is 204 g/mol. The van der Waals surface area contributed by atoms with Gasteiger partial charge in [-0.15, -0.1) is 11.3 Å². The molecule has 1 heterocycles. The van der Waals surface area contributed by atoms with Gasteiger partial charge in [0.25, 0.3) is 0 Å². The number of rotatable bonds is 5. The van der Waals surface area contributed by atoms with Crippen molar-refractivity contribution in [1.82, 2.24) is 0 Å². The van der Waals surface area contributed by atoms with Crippen molar-refractivity contribution in [1.29, 1.82) is 0 Å². The molecule has 0 aliphatic rings. The lowest BCUT2D eigenvalue weighted by Gasteiger charge is -2.01. The highest BCUT2D eigenvalue weighted by Gasteiger charge is 2.10. The van der Waals surface area contributed by atoms with E-state index in [2.05, 4.69) is 25.3 Å². The third-order valence-electron chi connectivity index (χ3n) is 2.34. The molecule has 0 aromatic carbocycles. The van der Waals surface area contributed by atoms with Gasteiger partial charge in [0.2, 0.25) is 0 Å². The summed E-state index contributed by atoms with van der Waals surface area (Å²) in [5.74, 6) is 1.18. The van der Waals surface area contributed by atoms with Crippen LogP contribution in [-0.4, -0.2) is 5.78 Å². The van der Waals surface area contributed by atoms with Crippen LogP contribution >= 0.6 is 11.3 Å². The molecule has 0 spiro atoms. The second kappa shape index (κ2) is 5.45. The molecule has 0 saturated heterocycles. The number of Topliss-reactive ketones (excluding diaryl/α,β-unsaturated/α-hetero) is 1. The van der Waals surface area contributed by atoms with Gasteiger partial charge in [-0.1, -0.05) is 27.7 Å². The van der Waals surface area contributed by atoms with Gasteiger partial charge in [0.15, 0.2) is 0 Å². The fourth-order valence-corrected chi connectivity index (χ4v) is 2.39. The average Bonchev–Trinajstić information content (AvgIpc) is 2.51. The van der Waals surface area contributed by atoms with E-state index in [0.29, 0.717) is 18.1 Å². The molecule has 0 amide bonds. The number of carbonyl (C=O) groups excluding carboxylic acids is 1. The van der Waals surface area contributed by atoms with Crippen molar-refractivity contribution in [3.63, 3.8) is 0 Å². The van der Waals surface area contributed by atoms with Crippen LogP contribution in [-0.2, 0) is 17.6 Å². The monoisotopic (exact) mass is 224 g/mol. The molecule has 0 bridgehead atoms. The maximum atomic E-state index is 11.6. The lowest BCUT2D eigenvalue weighted by atomic mass is 10.0. The zero-order valence-corrected chi connectivity index (χ0v) is 10.9. The SMILES string of the molecule is CC(C)Cc1csc(CC(=O)C(C)C)c1. The average molecular weight is 224 g/mol. The summed E-state index contributed by atoms with van der Waals surface area (Å²) >= 11 is 1.72. The summed E-state index contributed by atoms with van der Waals surface area (Å²) in [6.45, 7) is 8.36. The van der Waals surface area contributed by atoms with Crippen LogP contribution in [0, 0.1) is 11.8 Å². The number of hydrogen-bond acceptors (Lipinski definition) is 2.